The Balaban J connectivity index is 1.86. The van der Waals surface area contributed by atoms with Crippen LogP contribution in [0.3, 0.4) is 0 Å². The Morgan fingerprint density at radius 3 is 2.26 bits per heavy atom. The molecule has 6 nitrogen and oxygen atoms in total. The molecule has 0 aliphatic carbocycles. The van der Waals surface area contributed by atoms with Crippen molar-refractivity contribution in [2.45, 2.75) is 14.7 Å². The van der Waals surface area contributed by atoms with Gasteiger partial charge in [-0.25, -0.2) is 17.6 Å². The molecule has 0 amide bonds. The summed E-state index contributed by atoms with van der Waals surface area (Å²) in [6.45, 7) is 0. The Bertz CT molecular complexity index is 1460. The summed E-state index contributed by atoms with van der Waals surface area (Å²) in [7, 11) is -0.797. The monoisotopic (exact) mass is 477 g/mol. The number of imidazole rings is 1. The number of rotatable bonds is 5. The molecule has 31 heavy (non-hydrogen) atoms. The maximum Gasteiger partial charge on any atom is 0.328 e. The van der Waals surface area contributed by atoms with Crippen LogP contribution in [0.2, 0.25) is 5.02 Å². The minimum Gasteiger partial charge on any atom is -0.295 e. The number of aryl methyl sites for hydroxylation is 2. The lowest BCUT2D eigenvalue weighted by atomic mass is 10.3. The molecular formula is C21H17ClFN3O3S2. The number of hydrogen-bond acceptors (Lipinski definition) is 4. The molecule has 0 bridgehead atoms. The summed E-state index contributed by atoms with van der Waals surface area (Å²) in [6, 6.07) is 15.2. The van der Waals surface area contributed by atoms with E-state index in [0.717, 1.165) is 11.0 Å². The summed E-state index contributed by atoms with van der Waals surface area (Å²) in [5.41, 5.74) is 1.25. The Kier molecular flexibility index (Phi) is 5.59. The summed E-state index contributed by atoms with van der Waals surface area (Å²) in [4.78, 5) is 13.6. The van der Waals surface area contributed by atoms with Gasteiger partial charge < -0.3 is 0 Å². The van der Waals surface area contributed by atoms with Crippen LogP contribution in [0, 0.1) is 5.82 Å². The van der Waals surface area contributed by atoms with E-state index in [0.29, 0.717) is 21.0 Å². The van der Waals surface area contributed by atoms with Crippen molar-refractivity contribution in [2.24, 2.45) is 14.1 Å². The lowest BCUT2D eigenvalue weighted by Crippen LogP contribution is -2.19. The molecule has 0 saturated carbocycles. The molecule has 0 fully saturated rings. The number of fused-ring (bicyclic) bond motifs is 1. The molecule has 4 rings (SSSR count). The molecular weight excluding hydrogens is 461 g/mol. The highest BCUT2D eigenvalue weighted by atomic mass is 35.5. The summed E-state index contributed by atoms with van der Waals surface area (Å²) < 4.78 is 44.9. The van der Waals surface area contributed by atoms with Crippen molar-refractivity contribution >= 4 is 50.1 Å². The molecule has 10 heteroatoms. The van der Waals surface area contributed by atoms with Gasteiger partial charge in [-0.2, -0.15) is 0 Å². The third kappa shape index (κ3) is 4.21. The van der Waals surface area contributed by atoms with E-state index in [-0.39, 0.29) is 16.3 Å². The van der Waals surface area contributed by atoms with Gasteiger partial charge in [0.1, 0.15) is 5.82 Å². The van der Waals surface area contributed by atoms with Gasteiger partial charge in [-0.1, -0.05) is 29.4 Å². The van der Waals surface area contributed by atoms with Crippen molar-refractivity contribution in [2.75, 3.05) is 4.72 Å². The Morgan fingerprint density at radius 1 is 0.968 bits per heavy atom. The van der Waals surface area contributed by atoms with Gasteiger partial charge in [0.15, 0.2) is 0 Å². The summed E-state index contributed by atoms with van der Waals surface area (Å²) in [6.07, 6.45) is 0. The highest BCUT2D eigenvalue weighted by molar-refractivity contribution is 7.99. The molecule has 0 unspecified atom stereocenters. The van der Waals surface area contributed by atoms with E-state index >= 15 is 0 Å². The smallest absolute Gasteiger partial charge is 0.295 e. The summed E-state index contributed by atoms with van der Waals surface area (Å²) in [5.74, 6) is -0.653. The van der Waals surface area contributed by atoms with Gasteiger partial charge in [0, 0.05) is 28.9 Å². The lowest BCUT2D eigenvalue weighted by Gasteiger charge is -2.14. The molecule has 0 aliphatic rings. The van der Waals surface area contributed by atoms with Crippen LogP contribution in [-0.2, 0) is 24.1 Å². The molecule has 160 valence electrons. The van der Waals surface area contributed by atoms with Gasteiger partial charge in [0.25, 0.3) is 10.0 Å². The Labute approximate surface area is 187 Å². The number of sulfonamides is 1. The molecule has 0 radical (unpaired) electrons. The number of nitrogens with one attached hydrogen (secondary N) is 1. The third-order valence-electron chi connectivity index (χ3n) is 4.77. The molecule has 1 N–H and O–H groups in total. The molecule has 3 aromatic carbocycles. The first-order chi connectivity index (χ1) is 14.7. The van der Waals surface area contributed by atoms with E-state index in [1.54, 1.807) is 38.4 Å². The summed E-state index contributed by atoms with van der Waals surface area (Å²) >= 11 is 7.28. The molecule has 0 aliphatic heterocycles. The first-order valence-electron chi connectivity index (χ1n) is 9.07. The largest absolute Gasteiger partial charge is 0.328 e. The lowest BCUT2D eigenvalue weighted by molar-refractivity contribution is 0.595. The maximum absolute atomic E-state index is 13.6. The van der Waals surface area contributed by atoms with E-state index in [1.807, 2.05) is 12.1 Å². The van der Waals surface area contributed by atoms with Gasteiger partial charge in [0.05, 0.1) is 21.6 Å². The SMILES string of the molecule is Cn1c(=O)n(C)c2cc(Sc3ccc(Cl)cc3)c(NS(=O)(=O)c3cccc(F)c3)cc21. The number of nitrogens with zero attached hydrogens (tertiary/aromatic N) is 2. The average Bonchev–Trinajstić information content (AvgIpc) is 2.93. The normalized spacial score (nSPS) is 11.7. The fourth-order valence-corrected chi connectivity index (χ4v) is 5.37. The van der Waals surface area contributed by atoms with Gasteiger partial charge in [-0.3, -0.25) is 13.9 Å². The number of anilines is 1. The highest BCUT2D eigenvalue weighted by Crippen LogP contribution is 2.37. The Morgan fingerprint density at radius 2 is 1.61 bits per heavy atom. The van der Waals surface area contributed by atoms with Crippen LogP contribution in [0.5, 0.6) is 0 Å². The average molecular weight is 478 g/mol. The molecule has 0 atom stereocenters. The third-order valence-corrected chi connectivity index (χ3v) is 7.45. The van der Waals surface area contributed by atoms with Crippen molar-refractivity contribution in [3.05, 3.63) is 82.0 Å². The van der Waals surface area contributed by atoms with Crippen molar-refractivity contribution in [1.82, 2.24) is 9.13 Å². The predicted molar refractivity (Wildman–Crippen MR) is 121 cm³/mol. The standard InChI is InChI=1S/C21H17ClFN3O3S2/c1-25-18-11-17(24-31(28,29)16-5-3-4-14(23)10-16)20(12-19(18)26(2)21(25)27)30-15-8-6-13(22)7-9-15/h3-12,24H,1-2H3. The molecule has 0 spiro atoms. The zero-order valence-corrected chi connectivity index (χ0v) is 18.9. The number of aromatic nitrogens is 2. The van der Waals surface area contributed by atoms with Crippen LogP contribution in [0.4, 0.5) is 10.1 Å². The topological polar surface area (TPSA) is 73.1 Å². The van der Waals surface area contributed by atoms with Gasteiger partial charge in [-0.05, 0) is 54.6 Å². The van der Waals surface area contributed by atoms with Crippen LogP contribution >= 0.6 is 23.4 Å². The second-order valence-electron chi connectivity index (χ2n) is 6.86. The fraction of sp³-hybridized carbons (Fsp3) is 0.0952. The van der Waals surface area contributed by atoms with E-state index in [2.05, 4.69) is 4.72 Å². The number of halogens is 2. The van der Waals surface area contributed by atoms with Crippen molar-refractivity contribution in [3.63, 3.8) is 0 Å². The van der Waals surface area contributed by atoms with E-state index in [4.69, 9.17) is 11.6 Å². The minimum absolute atomic E-state index is 0.197. The van der Waals surface area contributed by atoms with Crippen LogP contribution in [0.1, 0.15) is 0 Å². The van der Waals surface area contributed by atoms with E-state index in [9.17, 15) is 17.6 Å². The number of benzene rings is 3. The highest BCUT2D eigenvalue weighted by Gasteiger charge is 2.20. The number of hydrogen-bond donors (Lipinski definition) is 1. The van der Waals surface area contributed by atoms with Crippen molar-refractivity contribution in [1.29, 1.82) is 0 Å². The minimum atomic E-state index is -4.06. The Hall–Kier alpha value is -2.75. The fourth-order valence-electron chi connectivity index (χ4n) is 3.16. The zero-order valence-electron chi connectivity index (χ0n) is 16.5. The predicted octanol–water partition coefficient (Wildman–Crippen LogP) is 4.62. The summed E-state index contributed by atoms with van der Waals surface area (Å²) in [5, 5.41) is 0.581. The van der Waals surface area contributed by atoms with Crippen molar-refractivity contribution in [3.8, 4) is 0 Å². The molecule has 1 aromatic heterocycles. The second kappa shape index (κ2) is 8.07. The molecule has 0 saturated heterocycles. The quantitative estimate of drug-likeness (QED) is 0.455. The van der Waals surface area contributed by atoms with E-state index < -0.39 is 15.8 Å². The van der Waals surface area contributed by atoms with Crippen LogP contribution < -0.4 is 10.4 Å². The second-order valence-corrected chi connectivity index (χ2v) is 10.1. The van der Waals surface area contributed by atoms with Gasteiger partial charge >= 0.3 is 5.69 Å². The van der Waals surface area contributed by atoms with Crippen LogP contribution in [-0.4, -0.2) is 17.6 Å². The van der Waals surface area contributed by atoms with Gasteiger partial charge in [-0.15, -0.1) is 0 Å². The first kappa shape index (κ1) is 21.5. The van der Waals surface area contributed by atoms with Crippen LogP contribution in [0.25, 0.3) is 11.0 Å². The van der Waals surface area contributed by atoms with E-state index in [1.165, 1.54) is 39.1 Å². The molecule has 4 aromatic rings. The first-order valence-corrected chi connectivity index (χ1v) is 11.7. The van der Waals surface area contributed by atoms with Crippen LogP contribution in [0.15, 0.2) is 80.1 Å². The van der Waals surface area contributed by atoms with Gasteiger partial charge in [0.2, 0.25) is 0 Å². The van der Waals surface area contributed by atoms with Crippen molar-refractivity contribution < 1.29 is 12.8 Å². The molecule has 1 heterocycles. The maximum atomic E-state index is 13.6. The zero-order chi connectivity index (χ0) is 22.3.